The molecular formula is C9H9N5O2. The highest BCUT2D eigenvalue weighted by Gasteiger charge is 2.12. The van der Waals surface area contributed by atoms with E-state index in [-0.39, 0.29) is 5.82 Å². The Bertz CT molecular complexity index is 482. The SMILES string of the molecule is O=[N+]([O-])c1cncn1NCc1ccccn1. The van der Waals surface area contributed by atoms with Gasteiger partial charge in [0.05, 0.1) is 12.2 Å². The van der Waals surface area contributed by atoms with Crippen molar-refractivity contribution in [2.75, 3.05) is 5.43 Å². The summed E-state index contributed by atoms with van der Waals surface area (Å²) < 4.78 is 1.26. The fraction of sp³-hybridized carbons (Fsp3) is 0.111. The van der Waals surface area contributed by atoms with Gasteiger partial charge in [-0.15, -0.1) is 4.68 Å². The molecule has 0 aromatic carbocycles. The molecule has 2 aromatic heterocycles. The number of rotatable bonds is 4. The van der Waals surface area contributed by atoms with E-state index in [0.717, 1.165) is 5.69 Å². The van der Waals surface area contributed by atoms with Crippen molar-refractivity contribution in [3.8, 4) is 0 Å². The van der Waals surface area contributed by atoms with Crippen molar-refractivity contribution in [1.82, 2.24) is 14.6 Å². The number of nitrogens with zero attached hydrogens (tertiary/aromatic N) is 4. The Morgan fingerprint density at radius 1 is 1.50 bits per heavy atom. The zero-order valence-electron chi connectivity index (χ0n) is 8.28. The molecule has 0 saturated carbocycles. The van der Waals surface area contributed by atoms with Crippen LogP contribution in [0.4, 0.5) is 5.82 Å². The molecule has 0 spiro atoms. The summed E-state index contributed by atoms with van der Waals surface area (Å²) in [5.41, 5.74) is 3.64. The minimum absolute atomic E-state index is 0.101. The zero-order chi connectivity index (χ0) is 11.4. The molecule has 0 radical (unpaired) electrons. The highest BCUT2D eigenvalue weighted by molar-refractivity contribution is 5.17. The standard InChI is InChI=1S/C9H9N5O2/c15-14(16)9-6-10-7-13(9)12-5-8-3-1-2-4-11-8/h1-4,6-7,12H,5H2. The maximum Gasteiger partial charge on any atom is 0.365 e. The van der Waals surface area contributed by atoms with Gasteiger partial charge in [-0.05, 0) is 17.1 Å². The van der Waals surface area contributed by atoms with Gasteiger partial charge in [0.25, 0.3) is 0 Å². The van der Waals surface area contributed by atoms with Crippen LogP contribution in [0.15, 0.2) is 36.9 Å². The van der Waals surface area contributed by atoms with Crippen molar-refractivity contribution in [2.24, 2.45) is 0 Å². The Balaban J connectivity index is 2.05. The lowest BCUT2D eigenvalue weighted by atomic mass is 10.4. The van der Waals surface area contributed by atoms with Crippen LogP contribution in [0, 0.1) is 10.1 Å². The predicted molar refractivity (Wildman–Crippen MR) is 56.2 cm³/mol. The minimum Gasteiger partial charge on any atom is -0.358 e. The first-order valence-corrected chi connectivity index (χ1v) is 4.58. The average Bonchev–Trinajstić information content (AvgIpc) is 2.76. The molecule has 2 rings (SSSR count). The molecule has 0 fully saturated rings. The van der Waals surface area contributed by atoms with E-state index in [1.807, 2.05) is 18.2 Å². The molecule has 0 atom stereocenters. The van der Waals surface area contributed by atoms with Crippen LogP contribution < -0.4 is 5.43 Å². The topological polar surface area (TPSA) is 85.9 Å². The van der Waals surface area contributed by atoms with Crippen molar-refractivity contribution in [3.63, 3.8) is 0 Å². The van der Waals surface area contributed by atoms with E-state index in [1.165, 1.54) is 17.2 Å². The molecule has 2 aromatic rings. The minimum atomic E-state index is -0.502. The lowest BCUT2D eigenvalue weighted by Gasteiger charge is -2.02. The molecule has 16 heavy (non-hydrogen) atoms. The highest BCUT2D eigenvalue weighted by atomic mass is 16.6. The van der Waals surface area contributed by atoms with Gasteiger partial charge < -0.3 is 10.1 Å². The van der Waals surface area contributed by atoms with Crippen LogP contribution in [-0.2, 0) is 6.54 Å². The van der Waals surface area contributed by atoms with E-state index in [9.17, 15) is 10.1 Å². The second kappa shape index (κ2) is 4.39. The summed E-state index contributed by atoms with van der Waals surface area (Å²) in [6.45, 7) is 0.401. The lowest BCUT2D eigenvalue weighted by Crippen LogP contribution is -2.15. The summed E-state index contributed by atoms with van der Waals surface area (Å²) in [7, 11) is 0. The average molecular weight is 219 g/mol. The third-order valence-corrected chi connectivity index (χ3v) is 1.96. The molecule has 0 aliphatic carbocycles. The number of hydrogen-bond donors (Lipinski definition) is 1. The maximum absolute atomic E-state index is 10.6. The molecule has 2 heterocycles. The van der Waals surface area contributed by atoms with Crippen molar-refractivity contribution < 1.29 is 4.92 Å². The van der Waals surface area contributed by atoms with E-state index in [4.69, 9.17) is 0 Å². The van der Waals surface area contributed by atoms with Crippen molar-refractivity contribution >= 4 is 5.82 Å². The Labute approximate surface area is 90.9 Å². The molecular weight excluding hydrogens is 210 g/mol. The van der Waals surface area contributed by atoms with Gasteiger partial charge in [0.15, 0.2) is 0 Å². The van der Waals surface area contributed by atoms with Crippen LogP contribution in [-0.4, -0.2) is 19.6 Å². The van der Waals surface area contributed by atoms with Gasteiger partial charge in [-0.25, -0.2) is 10.4 Å². The maximum atomic E-state index is 10.6. The Hall–Kier alpha value is -2.44. The van der Waals surface area contributed by atoms with Crippen LogP contribution in [0.3, 0.4) is 0 Å². The molecule has 0 amide bonds. The monoisotopic (exact) mass is 219 g/mol. The second-order valence-electron chi connectivity index (χ2n) is 3.03. The van der Waals surface area contributed by atoms with Gasteiger partial charge in [0.1, 0.15) is 6.20 Å². The first kappa shape index (κ1) is 10.1. The van der Waals surface area contributed by atoms with Gasteiger partial charge in [-0.2, -0.15) is 0 Å². The van der Waals surface area contributed by atoms with Gasteiger partial charge in [0, 0.05) is 6.20 Å². The summed E-state index contributed by atoms with van der Waals surface area (Å²) in [5.74, 6) is -0.101. The number of imidazole rings is 1. The van der Waals surface area contributed by atoms with Gasteiger partial charge in [-0.3, -0.25) is 4.98 Å². The number of nitrogens with one attached hydrogen (secondary N) is 1. The number of aromatic nitrogens is 3. The molecule has 0 unspecified atom stereocenters. The largest absolute Gasteiger partial charge is 0.365 e. The molecule has 0 saturated heterocycles. The number of hydrogen-bond acceptors (Lipinski definition) is 5. The smallest absolute Gasteiger partial charge is 0.358 e. The molecule has 0 aliphatic heterocycles. The van der Waals surface area contributed by atoms with Crippen molar-refractivity contribution in [3.05, 3.63) is 52.7 Å². The fourth-order valence-electron chi connectivity index (χ4n) is 1.21. The Morgan fingerprint density at radius 3 is 3.06 bits per heavy atom. The summed E-state index contributed by atoms with van der Waals surface area (Å²) in [5, 5.41) is 10.6. The third kappa shape index (κ3) is 2.14. The van der Waals surface area contributed by atoms with Gasteiger partial charge in [0.2, 0.25) is 6.33 Å². The first-order valence-electron chi connectivity index (χ1n) is 4.58. The summed E-state index contributed by atoms with van der Waals surface area (Å²) in [6, 6.07) is 5.49. The van der Waals surface area contributed by atoms with Gasteiger partial charge in [-0.1, -0.05) is 6.07 Å². The highest BCUT2D eigenvalue weighted by Crippen LogP contribution is 2.07. The first-order chi connectivity index (χ1) is 7.77. The lowest BCUT2D eigenvalue weighted by molar-refractivity contribution is -0.391. The molecule has 0 aliphatic rings. The van der Waals surface area contributed by atoms with Crippen LogP contribution in [0.2, 0.25) is 0 Å². The van der Waals surface area contributed by atoms with E-state index >= 15 is 0 Å². The molecule has 1 N–H and O–H groups in total. The van der Waals surface area contributed by atoms with E-state index < -0.39 is 4.92 Å². The fourth-order valence-corrected chi connectivity index (χ4v) is 1.21. The Kier molecular flexibility index (Phi) is 2.77. The predicted octanol–water partition coefficient (Wildman–Crippen LogP) is 0.930. The van der Waals surface area contributed by atoms with Crippen LogP contribution >= 0.6 is 0 Å². The quantitative estimate of drug-likeness (QED) is 0.610. The van der Waals surface area contributed by atoms with E-state index in [2.05, 4.69) is 15.4 Å². The van der Waals surface area contributed by atoms with Crippen molar-refractivity contribution in [2.45, 2.75) is 6.54 Å². The Morgan fingerprint density at radius 2 is 2.38 bits per heavy atom. The second-order valence-corrected chi connectivity index (χ2v) is 3.03. The summed E-state index contributed by atoms with van der Waals surface area (Å²) >= 11 is 0. The summed E-state index contributed by atoms with van der Waals surface area (Å²) in [4.78, 5) is 17.9. The van der Waals surface area contributed by atoms with Crippen LogP contribution in [0.1, 0.15) is 5.69 Å². The van der Waals surface area contributed by atoms with E-state index in [1.54, 1.807) is 6.20 Å². The zero-order valence-corrected chi connectivity index (χ0v) is 8.28. The molecule has 82 valence electrons. The molecule has 0 bridgehead atoms. The van der Waals surface area contributed by atoms with E-state index in [0.29, 0.717) is 6.54 Å². The summed E-state index contributed by atoms with van der Waals surface area (Å²) in [6.07, 6.45) is 4.20. The number of nitro groups is 1. The van der Waals surface area contributed by atoms with Gasteiger partial charge >= 0.3 is 5.82 Å². The third-order valence-electron chi connectivity index (χ3n) is 1.96. The molecule has 7 heteroatoms. The van der Waals surface area contributed by atoms with Crippen LogP contribution in [0.25, 0.3) is 0 Å². The normalized spacial score (nSPS) is 10.0. The van der Waals surface area contributed by atoms with Crippen molar-refractivity contribution in [1.29, 1.82) is 0 Å². The number of pyridine rings is 1. The van der Waals surface area contributed by atoms with Crippen LogP contribution in [0.5, 0.6) is 0 Å². The molecule has 7 nitrogen and oxygen atoms in total.